The van der Waals surface area contributed by atoms with Gasteiger partial charge in [0.15, 0.2) is 0 Å². The molecule has 0 saturated heterocycles. The lowest BCUT2D eigenvalue weighted by atomic mass is 10.2. The summed E-state index contributed by atoms with van der Waals surface area (Å²) in [5.41, 5.74) is 1.94. The highest BCUT2D eigenvalue weighted by Gasteiger charge is 2.03. The molecule has 0 unspecified atom stereocenters. The Morgan fingerprint density at radius 3 is 2.22 bits per heavy atom. The van der Waals surface area contributed by atoms with E-state index >= 15 is 0 Å². The lowest BCUT2D eigenvalue weighted by Crippen LogP contribution is -1.95. The molecule has 0 fully saturated rings. The van der Waals surface area contributed by atoms with Crippen LogP contribution in [0.4, 0.5) is 0 Å². The normalized spacial score (nSPS) is 10.6. The van der Waals surface area contributed by atoms with Crippen molar-refractivity contribution in [1.29, 1.82) is 0 Å². The lowest BCUT2D eigenvalue weighted by Gasteiger charge is -2.08. The summed E-state index contributed by atoms with van der Waals surface area (Å²) in [4.78, 5) is 0. The summed E-state index contributed by atoms with van der Waals surface area (Å²) in [7, 11) is 0. The Labute approximate surface area is 125 Å². The molecular formula is C14H11BrCl2O. The maximum absolute atomic E-state index is 6.11. The minimum Gasteiger partial charge on any atom is -0.372 e. The van der Waals surface area contributed by atoms with Crippen LogP contribution in [0.2, 0.25) is 10.0 Å². The molecule has 0 spiro atoms. The maximum Gasteiger partial charge on any atom is 0.0735 e. The van der Waals surface area contributed by atoms with Crippen LogP contribution in [0.1, 0.15) is 11.1 Å². The van der Waals surface area contributed by atoms with Crippen molar-refractivity contribution in [2.75, 3.05) is 0 Å². The third-order valence-electron chi connectivity index (χ3n) is 2.49. The van der Waals surface area contributed by atoms with Crippen LogP contribution in [-0.4, -0.2) is 0 Å². The van der Waals surface area contributed by atoms with Gasteiger partial charge >= 0.3 is 0 Å². The van der Waals surface area contributed by atoms with Gasteiger partial charge in [-0.25, -0.2) is 0 Å². The zero-order chi connectivity index (χ0) is 13.0. The Morgan fingerprint density at radius 1 is 0.889 bits per heavy atom. The third-order valence-corrected chi connectivity index (χ3v) is 3.70. The fraction of sp³-hybridized carbons (Fsp3) is 0.143. The monoisotopic (exact) mass is 344 g/mol. The van der Waals surface area contributed by atoms with Crippen LogP contribution in [0, 0.1) is 0 Å². The predicted molar refractivity (Wildman–Crippen MR) is 79.1 cm³/mol. The quantitative estimate of drug-likeness (QED) is 0.713. The fourth-order valence-corrected chi connectivity index (χ4v) is 2.44. The Hall–Kier alpha value is -0.540. The first-order valence-corrected chi connectivity index (χ1v) is 6.97. The molecule has 2 aromatic carbocycles. The van der Waals surface area contributed by atoms with Crippen LogP contribution in [0.5, 0.6) is 0 Å². The van der Waals surface area contributed by atoms with Gasteiger partial charge in [0.25, 0.3) is 0 Å². The van der Waals surface area contributed by atoms with E-state index in [9.17, 15) is 0 Å². The molecule has 0 heterocycles. The van der Waals surface area contributed by atoms with Gasteiger partial charge in [-0.1, -0.05) is 63.4 Å². The first kappa shape index (κ1) is 13.9. The number of hydrogen-bond acceptors (Lipinski definition) is 1. The van der Waals surface area contributed by atoms with E-state index in [2.05, 4.69) is 15.9 Å². The van der Waals surface area contributed by atoms with E-state index in [1.807, 2.05) is 42.5 Å². The van der Waals surface area contributed by atoms with E-state index in [0.717, 1.165) is 20.6 Å². The molecule has 0 bridgehead atoms. The van der Waals surface area contributed by atoms with Gasteiger partial charge in [-0.15, -0.1) is 0 Å². The zero-order valence-electron chi connectivity index (χ0n) is 9.50. The van der Waals surface area contributed by atoms with Gasteiger partial charge in [-0.2, -0.15) is 0 Å². The van der Waals surface area contributed by atoms with Crippen LogP contribution in [0.25, 0.3) is 0 Å². The first-order valence-electron chi connectivity index (χ1n) is 5.42. The van der Waals surface area contributed by atoms with E-state index in [0.29, 0.717) is 18.2 Å². The second-order valence-corrected chi connectivity index (χ2v) is 5.55. The van der Waals surface area contributed by atoms with E-state index < -0.39 is 0 Å². The van der Waals surface area contributed by atoms with Gasteiger partial charge in [0.2, 0.25) is 0 Å². The minimum atomic E-state index is 0.470. The van der Waals surface area contributed by atoms with Crippen LogP contribution in [-0.2, 0) is 18.0 Å². The molecule has 94 valence electrons. The highest BCUT2D eigenvalue weighted by atomic mass is 79.9. The van der Waals surface area contributed by atoms with Gasteiger partial charge in [-0.05, 0) is 29.3 Å². The highest BCUT2D eigenvalue weighted by Crippen LogP contribution is 2.23. The molecule has 0 N–H and O–H groups in total. The van der Waals surface area contributed by atoms with Crippen molar-refractivity contribution in [2.45, 2.75) is 13.2 Å². The Bertz CT molecular complexity index is 543. The van der Waals surface area contributed by atoms with E-state index in [-0.39, 0.29) is 0 Å². The maximum atomic E-state index is 6.11. The molecule has 0 aliphatic carbocycles. The molecule has 0 radical (unpaired) electrons. The largest absolute Gasteiger partial charge is 0.372 e. The number of ether oxygens (including phenoxy) is 1. The summed E-state index contributed by atoms with van der Waals surface area (Å²) < 4.78 is 6.58. The van der Waals surface area contributed by atoms with Crippen LogP contribution in [0.15, 0.2) is 46.9 Å². The molecule has 18 heavy (non-hydrogen) atoms. The second-order valence-electron chi connectivity index (χ2n) is 3.82. The summed E-state index contributed by atoms with van der Waals surface area (Å²) in [6.07, 6.45) is 0. The first-order chi connectivity index (χ1) is 8.66. The molecular weight excluding hydrogens is 335 g/mol. The molecule has 0 aliphatic rings. The van der Waals surface area contributed by atoms with Gasteiger partial charge in [0.1, 0.15) is 0 Å². The summed E-state index contributed by atoms with van der Waals surface area (Å²) in [5.74, 6) is 0. The molecule has 2 aromatic rings. The van der Waals surface area contributed by atoms with E-state index in [4.69, 9.17) is 27.9 Å². The zero-order valence-corrected chi connectivity index (χ0v) is 12.6. The predicted octanol–water partition coefficient (Wildman–Crippen LogP) is 5.47. The lowest BCUT2D eigenvalue weighted by molar-refractivity contribution is 0.107. The second kappa shape index (κ2) is 6.58. The molecule has 0 amide bonds. The molecule has 2 rings (SSSR count). The van der Waals surface area contributed by atoms with Gasteiger partial charge < -0.3 is 4.74 Å². The van der Waals surface area contributed by atoms with Gasteiger partial charge in [0, 0.05) is 14.5 Å². The molecule has 1 nitrogen and oxygen atoms in total. The molecule has 0 atom stereocenters. The minimum absolute atomic E-state index is 0.470. The number of rotatable bonds is 4. The van der Waals surface area contributed by atoms with E-state index in [1.165, 1.54) is 0 Å². The van der Waals surface area contributed by atoms with Crippen molar-refractivity contribution in [3.63, 3.8) is 0 Å². The molecule has 0 saturated carbocycles. The van der Waals surface area contributed by atoms with E-state index in [1.54, 1.807) is 0 Å². The van der Waals surface area contributed by atoms with Crippen LogP contribution >= 0.6 is 39.1 Å². The van der Waals surface area contributed by atoms with Crippen molar-refractivity contribution in [2.24, 2.45) is 0 Å². The van der Waals surface area contributed by atoms with Gasteiger partial charge in [-0.3, -0.25) is 0 Å². The standard InChI is InChI=1S/C14H11BrCl2O/c15-12-6-5-11(14(17)7-12)9-18-8-10-3-1-2-4-13(10)16/h1-7H,8-9H2. The molecule has 0 aliphatic heterocycles. The Morgan fingerprint density at radius 2 is 1.56 bits per heavy atom. The number of benzene rings is 2. The summed E-state index contributed by atoms with van der Waals surface area (Å²) in [5, 5.41) is 1.42. The van der Waals surface area contributed by atoms with Crippen molar-refractivity contribution in [1.82, 2.24) is 0 Å². The van der Waals surface area contributed by atoms with Crippen LogP contribution < -0.4 is 0 Å². The van der Waals surface area contributed by atoms with Crippen molar-refractivity contribution in [3.8, 4) is 0 Å². The van der Waals surface area contributed by atoms with Gasteiger partial charge in [0.05, 0.1) is 13.2 Å². The third kappa shape index (κ3) is 3.72. The smallest absolute Gasteiger partial charge is 0.0735 e. The summed E-state index contributed by atoms with van der Waals surface area (Å²) in [6, 6.07) is 13.4. The topological polar surface area (TPSA) is 9.23 Å². The number of hydrogen-bond donors (Lipinski definition) is 0. The van der Waals surface area contributed by atoms with Crippen molar-refractivity contribution in [3.05, 3.63) is 68.1 Å². The van der Waals surface area contributed by atoms with Crippen molar-refractivity contribution >= 4 is 39.1 Å². The highest BCUT2D eigenvalue weighted by molar-refractivity contribution is 9.10. The van der Waals surface area contributed by atoms with Crippen molar-refractivity contribution < 1.29 is 4.74 Å². The average Bonchev–Trinajstić information content (AvgIpc) is 2.34. The molecule has 4 heteroatoms. The average molecular weight is 346 g/mol. The fourth-order valence-electron chi connectivity index (χ4n) is 1.53. The van der Waals surface area contributed by atoms with Crippen LogP contribution in [0.3, 0.4) is 0 Å². The SMILES string of the molecule is Clc1ccccc1COCc1ccc(Br)cc1Cl. The molecule has 0 aromatic heterocycles. The summed E-state index contributed by atoms with van der Waals surface area (Å²) in [6.45, 7) is 0.948. The summed E-state index contributed by atoms with van der Waals surface area (Å²) >= 11 is 15.5. The Kier molecular flexibility index (Phi) is 5.07. The Balaban J connectivity index is 1.95. The number of halogens is 3.